The van der Waals surface area contributed by atoms with Crippen LogP contribution in [0.25, 0.3) is 16.9 Å². The van der Waals surface area contributed by atoms with Crippen molar-refractivity contribution in [2.45, 2.75) is 26.4 Å². The van der Waals surface area contributed by atoms with Gasteiger partial charge >= 0.3 is 0 Å². The normalized spacial score (nSPS) is 16.6. The summed E-state index contributed by atoms with van der Waals surface area (Å²) in [4.78, 5) is 39.3. The minimum absolute atomic E-state index is 0.143. The van der Waals surface area contributed by atoms with E-state index in [9.17, 15) is 9.59 Å². The monoisotopic (exact) mass is 513 g/mol. The average molecular weight is 514 g/mol. The number of hydrogen-bond acceptors (Lipinski definition) is 8. The molecule has 0 saturated carbocycles. The SMILES string of the molecule is C=CCn1c(=O)c2cnc(Nc3ccc(N4CC5(CN(C)C5)C4)cc3)nc2n1-c1ccc(=O)n(C(C)C)n1. The third-order valence-corrected chi connectivity index (χ3v) is 7.25. The van der Waals surface area contributed by atoms with Crippen LogP contribution in [0, 0.1) is 5.41 Å². The van der Waals surface area contributed by atoms with Crippen LogP contribution in [0.2, 0.25) is 0 Å². The highest BCUT2D eigenvalue weighted by atomic mass is 16.1. The van der Waals surface area contributed by atoms with Gasteiger partial charge in [0.15, 0.2) is 11.5 Å². The van der Waals surface area contributed by atoms with Crippen molar-refractivity contribution >= 4 is 28.4 Å². The first kappa shape index (κ1) is 24.1. The Morgan fingerprint density at radius 1 is 1.08 bits per heavy atom. The van der Waals surface area contributed by atoms with Crippen LogP contribution in [0.4, 0.5) is 17.3 Å². The summed E-state index contributed by atoms with van der Waals surface area (Å²) in [6.45, 7) is 12.3. The summed E-state index contributed by atoms with van der Waals surface area (Å²) in [5.74, 6) is 0.763. The molecule has 2 saturated heterocycles. The molecule has 1 N–H and O–H groups in total. The van der Waals surface area contributed by atoms with Crippen LogP contribution >= 0.6 is 0 Å². The maximum Gasteiger partial charge on any atom is 0.278 e. The van der Waals surface area contributed by atoms with E-state index in [1.165, 1.54) is 40.4 Å². The summed E-state index contributed by atoms with van der Waals surface area (Å²) < 4.78 is 4.49. The molecule has 38 heavy (non-hydrogen) atoms. The zero-order chi connectivity index (χ0) is 26.6. The summed E-state index contributed by atoms with van der Waals surface area (Å²) in [5, 5.41) is 8.12. The van der Waals surface area contributed by atoms with E-state index in [1.54, 1.807) is 16.8 Å². The Labute approximate surface area is 219 Å². The van der Waals surface area contributed by atoms with Crippen molar-refractivity contribution in [3.05, 3.63) is 76.0 Å². The number of rotatable bonds is 7. The number of aromatic nitrogens is 6. The van der Waals surface area contributed by atoms with Gasteiger partial charge in [0.1, 0.15) is 5.39 Å². The molecule has 0 bridgehead atoms. The number of benzene rings is 1. The lowest BCUT2D eigenvalue weighted by Crippen LogP contribution is -2.71. The molecule has 11 nitrogen and oxygen atoms in total. The molecule has 6 rings (SSSR count). The number of allylic oxidation sites excluding steroid dienone is 1. The molecular formula is C27H31N9O2. The van der Waals surface area contributed by atoms with Crippen molar-refractivity contribution in [2.75, 3.05) is 43.4 Å². The van der Waals surface area contributed by atoms with Crippen molar-refractivity contribution in [2.24, 2.45) is 5.41 Å². The van der Waals surface area contributed by atoms with E-state index in [1.807, 2.05) is 26.0 Å². The lowest BCUT2D eigenvalue weighted by atomic mass is 9.73. The zero-order valence-electron chi connectivity index (χ0n) is 21.8. The third-order valence-electron chi connectivity index (χ3n) is 7.25. The Kier molecular flexibility index (Phi) is 5.68. The van der Waals surface area contributed by atoms with E-state index in [4.69, 9.17) is 0 Å². The summed E-state index contributed by atoms with van der Waals surface area (Å²) >= 11 is 0. The molecule has 3 aromatic heterocycles. The van der Waals surface area contributed by atoms with Crippen LogP contribution in [0.15, 0.2) is 64.8 Å². The van der Waals surface area contributed by atoms with Gasteiger partial charge in [-0.05, 0) is 51.2 Å². The van der Waals surface area contributed by atoms with Crippen LogP contribution in [-0.4, -0.2) is 67.2 Å². The van der Waals surface area contributed by atoms with Gasteiger partial charge < -0.3 is 15.1 Å². The second-order valence-electron chi connectivity index (χ2n) is 10.7. The summed E-state index contributed by atoms with van der Waals surface area (Å²) in [5.41, 5.74) is 2.44. The lowest BCUT2D eigenvalue weighted by Gasteiger charge is -2.60. The summed E-state index contributed by atoms with van der Waals surface area (Å²) in [6, 6.07) is 11.1. The van der Waals surface area contributed by atoms with Gasteiger partial charge in [0.2, 0.25) is 5.95 Å². The third kappa shape index (κ3) is 3.99. The molecule has 4 aromatic rings. The Hall–Kier alpha value is -4.25. The first-order valence-corrected chi connectivity index (χ1v) is 12.8. The topological polar surface area (TPSA) is 106 Å². The van der Waals surface area contributed by atoms with Gasteiger partial charge in [-0.2, -0.15) is 4.98 Å². The van der Waals surface area contributed by atoms with Crippen LogP contribution in [0.5, 0.6) is 0 Å². The predicted molar refractivity (Wildman–Crippen MR) is 148 cm³/mol. The van der Waals surface area contributed by atoms with E-state index in [2.05, 4.69) is 55.9 Å². The summed E-state index contributed by atoms with van der Waals surface area (Å²) in [7, 11) is 2.17. The van der Waals surface area contributed by atoms with E-state index in [-0.39, 0.29) is 23.7 Å². The molecule has 1 aromatic carbocycles. The molecule has 2 aliphatic heterocycles. The molecule has 2 aliphatic rings. The highest BCUT2D eigenvalue weighted by Gasteiger charge is 2.50. The van der Waals surface area contributed by atoms with Gasteiger partial charge in [0, 0.05) is 55.2 Å². The second kappa shape index (κ2) is 8.95. The average Bonchev–Trinajstić information content (AvgIpc) is 3.12. The lowest BCUT2D eigenvalue weighted by molar-refractivity contribution is -0.00238. The van der Waals surface area contributed by atoms with E-state index in [0.717, 1.165) is 18.8 Å². The molecule has 2 fully saturated rings. The van der Waals surface area contributed by atoms with Crippen molar-refractivity contribution in [3.63, 3.8) is 0 Å². The molecule has 0 atom stereocenters. The quantitative estimate of drug-likeness (QED) is 0.376. The number of anilines is 3. The number of fused-ring (bicyclic) bond motifs is 1. The first-order valence-electron chi connectivity index (χ1n) is 12.8. The van der Waals surface area contributed by atoms with Crippen LogP contribution < -0.4 is 21.3 Å². The van der Waals surface area contributed by atoms with Gasteiger partial charge in [-0.3, -0.25) is 9.59 Å². The van der Waals surface area contributed by atoms with Crippen molar-refractivity contribution in [3.8, 4) is 5.82 Å². The molecule has 196 valence electrons. The van der Waals surface area contributed by atoms with E-state index >= 15 is 0 Å². The smallest absolute Gasteiger partial charge is 0.278 e. The summed E-state index contributed by atoms with van der Waals surface area (Å²) in [6.07, 6.45) is 3.15. The highest BCUT2D eigenvalue weighted by molar-refractivity contribution is 5.77. The van der Waals surface area contributed by atoms with E-state index in [0.29, 0.717) is 28.2 Å². The molecule has 11 heteroatoms. The molecule has 0 amide bonds. The minimum atomic E-state index is -0.259. The molecular weight excluding hydrogens is 482 g/mol. The Morgan fingerprint density at radius 3 is 2.47 bits per heavy atom. The highest BCUT2D eigenvalue weighted by Crippen LogP contribution is 2.41. The fourth-order valence-corrected chi connectivity index (χ4v) is 5.64. The standard InChI is InChI=1S/C27H31N9O2/c1-5-12-34-25(38)21-13-28-26(30-24(21)36(34)22-10-11-23(37)35(31-22)18(2)3)29-19-6-8-20(9-7-19)33-16-27(17-33)14-32(4)15-27/h5-11,13,18H,1,12,14-17H2,2-4H3,(H,28,29,30). The van der Waals surface area contributed by atoms with Gasteiger partial charge in [0.05, 0.1) is 12.6 Å². The van der Waals surface area contributed by atoms with Gasteiger partial charge in [-0.1, -0.05) is 6.08 Å². The molecule has 0 radical (unpaired) electrons. The van der Waals surface area contributed by atoms with Crippen molar-refractivity contribution in [1.82, 2.24) is 34.0 Å². The Balaban J connectivity index is 1.31. The largest absolute Gasteiger partial charge is 0.370 e. The Bertz CT molecular complexity index is 1630. The Morgan fingerprint density at radius 2 is 1.82 bits per heavy atom. The molecule has 0 aliphatic carbocycles. The van der Waals surface area contributed by atoms with Crippen LogP contribution in [0.3, 0.4) is 0 Å². The fourth-order valence-electron chi connectivity index (χ4n) is 5.64. The maximum atomic E-state index is 13.2. The fraction of sp³-hybridized carbons (Fsp3) is 0.370. The number of likely N-dealkylation sites (tertiary alicyclic amines) is 1. The van der Waals surface area contributed by atoms with Crippen LogP contribution in [0.1, 0.15) is 19.9 Å². The van der Waals surface area contributed by atoms with E-state index < -0.39 is 0 Å². The number of nitrogens with zero attached hydrogens (tertiary/aromatic N) is 8. The van der Waals surface area contributed by atoms with Gasteiger partial charge in [-0.25, -0.2) is 19.0 Å². The van der Waals surface area contributed by atoms with Crippen LogP contribution in [-0.2, 0) is 6.54 Å². The minimum Gasteiger partial charge on any atom is -0.370 e. The second-order valence-corrected chi connectivity index (χ2v) is 10.7. The van der Waals surface area contributed by atoms with Crippen molar-refractivity contribution < 1.29 is 0 Å². The molecule has 0 unspecified atom stereocenters. The maximum absolute atomic E-state index is 13.2. The predicted octanol–water partition coefficient (Wildman–Crippen LogP) is 2.40. The molecule has 1 spiro atoms. The number of hydrogen-bond donors (Lipinski definition) is 1. The molecule has 5 heterocycles. The van der Waals surface area contributed by atoms with Gasteiger partial charge in [-0.15, -0.1) is 11.7 Å². The zero-order valence-corrected chi connectivity index (χ0v) is 21.8. The van der Waals surface area contributed by atoms with Gasteiger partial charge in [0.25, 0.3) is 11.1 Å². The first-order chi connectivity index (χ1) is 18.3. The number of nitrogens with one attached hydrogen (secondary N) is 1. The van der Waals surface area contributed by atoms with Crippen molar-refractivity contribution in [1.29, 1.82) is 0 Å².